The smallest absolute Gasteiger partial charge is 0.116 e. The molecule has 1 saturated carbocycles. The molecule has 2 aromatic rings. The molecule has 2 N–H and O–H groups in total. The highest BCUT2D eigenvalue weighted by Crippen LogP contribution is 2.50. The van der Waals surface area contributed by atoms with Crippen LogP contribution in [0.2, 0.25) is 0 Å². The molecule has 1 unspecified atom stereocenters. The van der Waals surface area contributed by atoms with E-state index in [0.717, 1.165) is 16.8 Å². The average Bonchev–Trinajstić information content (AvgIpc) is 3.05. The maximum atomic E-state index is 9.72. The maximum absolute atomic E-state index is 9.72. The van der Waals surface area contributed by atoms with Crippen LogP contribution < -0.4 is 0 Å². The summed E-state index contributed by atoms with van der Waals surface area (Å²) < 4.78 is 0. The zero-order valence-electron chi connectivity index (χ0n) is 10.6. The molecule has 0 spiro atoms. The Morgan fingerprint density at radius 2 is 2.21 bits per heavy atom. The van der Waals surface area contributed by atoms with Gasteiger partial charge in [0.1, 0.15) is 5.75 Å². The fourth-order valence-corrected chi connectivity index (χ4v) is 4.41. The highest BCUT2D eigenvalue weighted by Gasteiger charge is 2.46. The number of nitrogens with zero attached hydrogens (tertiary/aromatic N) is 1. The quantitative estimate of drug-likeness (QED) is 0.756. The van der Waals surface area contributed by atoms with Crippen LogP contribution >= 0.6 is 0 Å². The van der Waals surface area contributed by atoms with Gasteiger partial charge in [0.2, 0.25) is 0 Å². The van der Waals surface area contributed by atoms with Crippen molar-refractivity contribution in [3.63, 3.8) is 0 Å². The molecule has 2 bridgehead atoms. The van der Waals surface area contributed by atoms with Crippen LogP contribution in [-0.2, 0) is 0 Å². The van der Waals surface area contributed by atoms with Gasteiger partial charge in [-0.1, -0.05) is 0 Å². The molecule has 0 amide bonds. The highest BCUT2D eigenvalue weighted by molar-refractivity contribution is 5.92. The number of benzene rings is 1. The van der Waals surface area contributed by atoms with Crippen LogP contribution in [0.4, 0.5) is 0 Å². The molecule has 1 saturated heterocycles. The molecule has 2 fully saturated rings. The number of piperidine rings is 1. The van der Waals surface area contributed by atoms with Crippen molar-refractivity contribution in [3.05, 3.63) is 35.7 Å². The molecule has 19 heavy (non-hydrogen) atoms. The fraction of sp³-hybridized carbons (Fsp3) is 0.375. The minimum Gasteiger partial charge on any atom is -0.508 e. The Morgan fingerprint density at radius 1 is 1.26 bits per heavy atom. The maximum Gasteiger partial charge on any atom is 0.116 e. The molecule has 2 aliphatic heterocycles. The Morgan fingerprint density at radius 3 is 3.11 bits per heavy atom. The van der Waals surface area contributed by atoms with E-state index in [2.05, 4.69) is 22.2 Å². The third-order valence-electron chi connectivity index (χ3n) is 5.18. The van der Waals surface area contributed by atoms with Crippen molar-refractivity contribution in [3.8, 4) is 5.75 Å². The second-order valence-corrected chi connectivity index (χ2v) is 6.21. The Labute approximate surface area is 111 Å². The van der Waals surface area contributed by atoms with Gasteiger partial charge in [-0.25, -0.2) is 0 Å². The van der Waals surface area contributed by atoms with E-state index >= 15 is 0 Å². The first-order chi connectivity index (χ1) is 9.29. The third-order valence-corrected chi connectivity index (χ3v) is 5.18. The standard InChI is InChI=1S/C16H16N2O/c19-10-1-2-14-12(7-10)11-3-4-18-8-9-5-13(15(18)6-9)16(11)17-14/h1-4,7,9,13,15,17,19H,5-6,8H2/t9-,13-,15?/m1/s1. The van der Waals surface area contributed by atoms with E-state index in [9.17, 15) is 5.11 Å². The van der Waals surface area contributed by atoms with E-state index < -0.39 is 0 Å². The van der Waals surface area contributed by atoms with E-state index in [4.69, 9.17) is 0 Å². The first-order valence-electron chi connectivity index (χ1n) is 7.08. The summed E-state index contributed by atoms with van der Waals surface area (Å²) in [7, 11) is 0. The van der Waals surface area contributed by atoms with Gasteiger partial charge in [-0.15, -0.1) is 0 Å². The molecular formula is C16H16N2O. The van der Waals surface area contributed by atoms with Gasteiger partial charge in [0, 0.05) is 46.9 Å². The lowest BCUT2D eigenvalue weighted by atomic mass is 9.93. The molecule has 3 aliphatic rings. The van der Waals surface area contributed by atoms with Gasteiger partial charge in [-0.3, -0.25) is 0 Å². The second-order valence-electron chi connectivity index (χ2n) is 6.21. The van der Waals surface area contributed by atoms with Crippen LogP contribution in [0.15, 0.2) is 24.4 Å². The van der Waals surface area contributed by atoms with Crippen LogP contribution in [0.5, 0.6) is 5.75 Å². The van der Waals surface area contributed by atoms with E-state index in [1.54, 1.807) is 6.07 Å². The first kappa shape index (κ1) is 9.96. The van der Waals surface area contributed by atoms with Crippen LogP contribution in [0.1, 0.15) is 30.0 Å². The van der Waals surface area contributed by atoms with Crippen molar-refractivity contribution in [1.29, 1.82) is 0 Å². The first-order valence-corrected chi connectivity index (χ1v) is 7.08. The zero-order valence-corrected chi connectivity index (χ0v) is 10.6. The minimum atomic E-state index is 0.347. The molecule has 3 heterocycles. The summed E-state index contributed by atoms with van der Waals surface area (Å²) in [5.41, 5.74) is 3.81. The summed E-state index contributed by atoms with van der Waals surface area (Å²) >= 11 is 0. The van der Waals surface area contributed by atoms with E-state index in [0.29, 0.717) is 17.7 Å². The summed E-state index contributed by atoms with van der Waals surface area (Å²) in [6, 6.07) is 6.31. The summed E-state index contributed by atoms with van der Waals surface area (Å²) in [6.07, 6.45) is 7.15. The lowest BCUT2D eigenvalue weighted by Gasteiger charge is -2.30. The van der Waals surface area contributed by atoms with E-state index in [1.165, 1.54) is 30.6 Å². The number of aromatic amines is 1. The monoisotopic (exact) mass is 252 g/mol. The summed E-state index contributed by atoms with van der Waals surface area (Å²) in [6.45, 7) is 1.23. The number of H-pyrrole nitrogens is 1. The fourth-order valence-electron chi connectivity index (χ4n) is 4.41. The van der Waals surface area contributed by atoms with Crippen molar-refractivity contribution in [2.24, 2.45) is 5.92 Å². The predicted molar refractivity (Wildman–Crippen MR) is 75.0 cm³/mol. The number of aromatic nitrogens is 1. The SMILES string of the molecule is Oc1ccc2[nH]c3c(c2c1)C=CN1C[C@H]2CC1[C@H]3C2. The van der Waals surface area contributed by atoms with E-state index in [1.807, 2.05) is 12.1 Å². The molecule has 3 nitrogen and oxygen atoms in total. The van der Waals surface area contributed by atoms with Crippen molar-refractivity contribution in [1.82, 2.24) is 9.88 Å². The van der Waals surface area contributed by atoms with Gasteiger partial charge in [-0.2, -0.15) is 0 Å². The van der Waals surface area contributed by atoms with E-state index in [-0.39, 0.29) is 0 Å². The van der Waals surface area contributed by atoms with Gasteiger partial charge < -0.3 is 15.0 Å². The second kappa shape index (κ2) is 3.16. The Balaban J connectivity index is 1.81. The minimum absolute atomic E-state index is 0.347. The van der Waals surface area contributed by atoms with Crippen LogP contribution in [0, 0.1) is 5.92 Å². The molecule has 3 heteroatoms. The number of aromatic hydroxyl groups is 1. The van der Waals surface area contributed by atoms with Crippen LogP contribution in [0.3, 0.4) is 0 Å². The largest absolute Gasteiger partial charge is 0.508 e. The lowest BCUT2D eigenvalue weighted by molar-refractivity contribution is 0.265. The van der Waals surface area contributed by atoms with Crippen molar-refractivity contribution in [2.45, 2.75) is 24.8 Å². The molecule has 1 aromatic carbocycles. The molecule has 5 rings (SSSR count). The summed E-state index contributed by atoms with van der Waals surface area (Å²) in [5, 5.41) is 10.9. The molecule has 96 valence electrons. The van der Waals surface area contributed by atoms with Crippen molar-refractivity contribution >= 4 is 17.0 Å². The number of rotatable bonds is 0. The predicted octanol–water partition coefficient (Wildman–Crippen LogP) is 3.04. The van der Waals surface area contributed by atoms with Crippen LogP contribution in [-0.4, -0.2) is 27.6 Å². The topological polar surface area (TPSA) is 39.3 Å². The van der Waals surface area contributed by atoms with Gasteiger partial charge in [0.15, 0.2) is 0 Å². The Hall–Kier alpha value is -1.90. The Bertz CT molecular complexity index is 715. The number of nitrogens with one attached hydrogen (secondary N) is 1. The van der Waals surface area contributed by atoms with Gasteiger partial charge in [0.05, 0.1) is 0 Å². The molecule has 0 radical (unpaired) electrons. The number of hydrogen-bond donors (Lipinski definition) is 2. The number of fused-ring (bicyclic) bond motifs is 5. The number of hydrogen-bond acceptors (Lipinski definition) is 2. The zero-order chi connectivity index (χ0) is 12.6. The van der Waals surface area contributed by atoms with Crippen molar-refractivity contribution < 1.29 is 5.11 Å². The van der Waals surface area contributed by atoms with Crippen molar-refractivity contribution in [2.75, 3.05) is 6.54 Å². The summed E-state index contributed by atoms with van der Waals surface area (Å²) in [5.74, 6) is 1.85. The molecule has 1 aliphatic carbocycles. The summed E-state index contributed by atoms with van der Waals surface area (Å²) in [4.78, 5) is 6.12. The van der Waals surface area contributed by atoms with Gasteiger partial charge in [0.25, 0.3) is 0 Å². The van der Waals surface area contributed by atoms with Gasteiger partial charge >= 0.3 is 0 Å². The lowest BCUT2D eigenvalue weighted by Crippen LogP contribution is -2.32. The Kier molecular flexibility index (Phi) is 1.65. The highest BCUT2D eigenvalue weighted by atomic mass is 16.3. The molecule has 1 aromatic heterocycles. The normalized spacial score (nSPS) is 30.9. The van der Waals surface area contributed by atoms with Crippen LogP contribution in [0.25, 0.3) is 17.0 Å². The average molecular weight is 252 g/mol. The molecule has 3 atom stereocenters. The third kappa shape index (κ3) is 1.18. The number of phenols is 1. The van der Waals surface area contributed by atoms with Gasteiger partial charge in [-0.05, 0) is 43.0 Å². The number of phenolic OH excluding ortho intramolecular Hbond substituents is 1. The molecular weight excluding hydrogens is 236 g/mol.